The van der Waals surface area contributed by atoms with Crippen molar-refractivity contribution in [1.29, 1.82) is 0 Å². The molecule has 2 nitrogen and oxygen atoms in total. The highest BCUT2D eigenvalue weighted by atomic mass is 16.5. The van der Waals surface area contributed by atoms with E-state index in [1.807, 2.05) is 0 Å². The van der Waals surface area contributed by atoms with Gasteiger partial charge in [0, 0.05) is 6.04 Å². The number of nitrogens with one attached hydrogen (secondary N) is 1. The molecule has 2 aliphatic carbocycles. The van der Waals surface area contributed by atoms with Crippen LogP contribution in [0.2, 0.25) is 0 Å². The van der Waals surface area contributed by atoms with Crippen LogP contribution in [-0.4, -0.2) is 24.8 Å². The van der Waals surface area contributed by atoms with Gasteiger partial charge in [0.05, 0.1) is 11.7 Å². The fourth-order valence-electron chi connectivity index (χ4n) is 4.17. The van der Waals surface area contributed by atoms with Gasteiger partial charge in [-0.05, 0) is 70.8 Å². The predicted octanol–water partition coefficient (Wildman–Crippen LogP) is 3.65. The van der Waals surface area contributed by atoms with E-state index in [9.17, 15) is 0 Å². The summed E-state index contributed by atoms with van der Waals surface area (Å²) in [6, 6.07) is 0.784. The molecule has 3 rings (SSSR count). The van der Waals surface area contributed by atoms with E-state index in [0.717, 1.165) is 12.0 Å². The summed E-state index contributed by atoms with van der Waals surface area (Å²) in [6.07, 6.45) is 15.6. The molecule has 1 spiro atoms. The Morgan fingerprint density at radius 2 is 1.94 bits per heavy atom. The lowest BCUT2D eigenvalue weighted by atomic mass is 9.97. The Morgan fingerprint density at radius 1 is 1.17 bits per heavy atom. The molecule has 104 valence electrons. The molecule has 0 aromatic heterocycles. The van der Waals surface area contributed by atoms with Crippen molar-refractivity contribution in [2.75, 3.05) is 7.05 Å². The van der Waals surface area contributed by atoms with Crippen molar-refractivity contribution in [3.05, 3.63) is 0 Å². The third kappa shape index (κ3) is 2.91. The van der Waals surface area contributed by atoms with Gasteiger partial charge in [0.15, 0.2) is 0 Å². The van der Waals surface area contributed by atoms with E-state index in [2.05, 4.69) is 12.4 Å². The predicted molar refractivity (Wildman–Crippen MR) is 74.7 cm³/mol. The molecule has 3 fully saturated rings. The van der Waals surface area contributed by atoms with Crippen molar-refractivity contribution in [3.63, 3.8) is 0 Å². The molecule has 0 aromatic carbocycles. The molecular weight excluding hydrogens is 222 g/mol. The summed E-state index contributed by atoms with van der Waals surface area (Å²) in [6.45, 7) is 0. The molecule has 2 heteroatoms. The van der Waals surface area contributed by atoms with Crippen LogP contribution < -0.4 is 5.32 Å². The SMILES string of the molecule is CNC(CCCC1CCC2(CCCC2)O1)C1CC1. The Hall–Kier alpha value is -0.0800. The zero-order valence-electron chi connectivity index (χ0n) is 11.9. The summed E-state index contributed by atoms with van der Waals surface area (Å²) in [4.78, 5) is 0. The minimum absolute atomic E-state index is 0.337. The highest BCUT2D eigenvalue weighted by Crippen LogP contribution is 2.44. The van der Waals surface area contributed by atoms with Gasteiger partial charge in [0.25, 0.3) is 0 Å². The van der Waals surface area contributed by atoms with E-state index in [0.29, 0.717) is 11.7 Å². The van der Waals surface area contributed by atoms with Crippen molar-refractivity contribution in [3.8, 4) is 0 Å². The Morgan fingerprint density at radius 3 is 2.61 bits per heavy atom. The molecule has 0 aromatic rings. The van der Waals surface area contributed by atoms with Gasteiger partial charge in [0.2, 0.25) is 0 Å². The van der Waals surface area contributed by atoms with Gasteiger partial charge in [0.1, 0.15) is 0 Å². The van der Waals surface area contributed by atoms with Crippen LogP contribution in [0.15, 0.2) is 0 Å². The monoisotopic (exact) mass is 251 g/mol. The van der Waals surface area contributed by atoms with Crippen LogP contribution >= 0.6 is 0 Å². The van der Waals surface area contributed by atoms with E-state index in [-0.39, 0.29) is 0 Å². The molecule has 2 atom stereocenters. The first-order chi connectivity index (χ1) is 8.81. The van der Waals surface area contributed by atoms with Crippen molar-refractivity contribution < 1.29 is 4.74 Å². The summed E-state index contributed by atoms with van der Waals surface area (Å²) in [5.41, 5.74) is 0.337. The van der Waals surface area contributed by atoms with Crippen LogP contribution in [0.3, 0.4) is 0 Å². The minimum Gasteiger partial charge on any atom is -0.372 e. The number of hydrogen-bond donors (Lipinski definition) is 1. The Kier molecular flexibility index (Phi) is 3.95. The van der Waals surface area contributed by atoms with Crippen LogP contribution in [0.4, 0.5) is 0 Å². The summed E-state index contributed by atoms with van der Waals surface area (Å²) in [5, 5.41) is 3.50. The van der Waals surface area contributed by atoms with Crippen LogP contribution in [0.1, 0.15) is 70.6 Å². The van der Waals surface area contributed by atoms with Crippen LogP contribution in [0, 0.1) is 5.92 Å². The van der Waals surface area contributed by atoms with Gasteiger partial charge in [-0.15, -0.1) is 0 Å². The lowest BCUT2D eigenvalue weighted by molar-refractivity contribution is -0.0396. The number of hydrogen-bond acceptors (Lipinski definition) is 2. The second kappa shape index (κ2) is 5.50. The van der Waals surface area contributed by atoms with Crippen molar-refractivity contribution in [1.82, 2.24) is 5.32 Å². The topological polar surface area (TPSA) is 21.3 Å². The molecule has 1 N–H and O–H groups in total. The van der Waals surface area contributed by atoms with Crippen molar-refractivity contribution in [2.45, 2.75) is 88.4 Å². The van der Waals surface area contributed by atoms with Gasteiger partial charge >= 0.3 is 0 Å². The summed E-state index contributed by atoms with van der Waals surface area (Å²) >= 11 is 0. The third-order valence-electron chi connectivity index (χ3n) is 5.46. The number of rotatable bonds is 6. The van der Waals surface area contributed by atoms with Crippen LogP contribution in [0.25, 0.3) is 0 Å². The quantitative estimate of drug-likeness (QED) is 0.778. The second-order valence-corrected chi connectivity index (χ2v) is 6.83. The normalized spacial score (nSPS) is 32.2. The maximum Gasteiger partial charge on any atom is 0.0687 e. The maximum absolute atomic E-state index is 6.38. The zero-order valence-corrected chi connectivity index (χ0v) is 11.9. The fourth-order valence-corrected chi connectivity index (χ4v) is 4.17. The lowest BCUT2D eigenvalue weighted by Crippen LogP contribution is -2.28. The summed E-state index contributed by atoms with van der Waals surface area (Å²) < 4.78 is 6.38. The summed E-state index contributed by atoms with van der Waals surface area (Å²) in [7, 11) is 2.13. The first-order valence-corrected chi connectivity index (χ1v) is 8.16. The van der Waals surface area contributed by atoms with Crippen LogP contribution in [0.5, 0.6) is 0 Å². The van der Waals surface area contributed by atoms with Crippen LogP contribution in [-0.2, 0) is 4.74 Å². The lowest BCUT2D eigenvalue weighted by Gasteiger charge is -2.24. The van der Waals surface area contributed by atoms with E-state index >= 15 is 0 Å². The van der Waals surface area contributed by atoms with Crippen molar-refractivity contribution in [2.24, 2.45) is 5.92 Å². The van der Waals surface area contributed by atoms with E-state index in [4.69, 9.17) is 4.74 Å². The molecular formula is C16H29NO. The second-order valence-electron chi connectivity index (χ2n) is 6.83. The Balaban J connectivity index is 1.36. The molecule has 0 radical (unpaired) electrons. The Labute approximate surface area is 112 Å². The molecule has 18 heavy (non-hydrogen) atoms. The molecule has 0 bridgehead atoms. The first kappa shape index (κ1) is 12.9. The molecule has 0 amide bonds. The first-order valence-electron chi connectivity index (χ1n) is 8.16. The zero-order chi connectivity index (χ0) is 12.4. The highest BCUT2D eigenvalue weighted by Gasteiger charge is 2.41. The molecule has 1 saturated heterocycles. The Bertz CT molecular complexity index is 268. The van der Waals surface area contributed by atoms with Gasteiger partial charge in [-0.3, -0.25) is 0 Å². The third-order valence-corrected chi connectivity index (χ3v) is 5.46. The average Bonchev–Trinajstić information content (AvgIpc) is 3.00. The smallest absolute Gasteiger partial charge is 0.0687 e. The molecule has 2 unspecified atom stereocenters. The molecule has 1 aliphatic heterocycles. The van der Waals surface area contributed by atoms with E-state index in [1.165, 1.54) is 70.6 Å². The molecule has 1 heterocycles. The van der Waals surface area contributed by atoms with Gasteiger partial charge in [-0.25, -0.2) is 0 Å². The van der Waals surface area contributed by atoms with Crippen molar-refractivity contribution >= 4 is 0 Å². The highest BCUT2D eigenvalue weighted by molar-refractivity contribution is 4.93. The van der Waals surface area contributed by atoms with Gasteiger partial charge in [-0.1, -0.05) is 12.8 Å². The average molecular weight is 251 g/mol. The van der Waals surface area contributed by atoms with Gasteiger partial charge < -0.3 is 10.1 Å². The fraction of sp³-hybridized carbons (Fsp3) is 1.00. The van der Waals surface area contributed by atoms with Gasteiger partial charge in [-0.2, -0.15) is 0 Å². The van der Waals surface area contributed by atoms with E-state index in [1.54, 1.807) is 0 Å². The molecule has 3 aliphatic rings. The largest absolute Gasteiger partial charge is 0.372 e. The standard InChI is InChI=1S/C16H29NO/c1-17-15(13-7-8-13)6-4-5-14-9-12-16(18-14)10-2-3-11-16/h13-15,17H,2-12H2,1H3. The minimum atomic E-state index is 0.337. The van der Waals surface area contributed by atoms with E-state index < -0.39 is 0 Å². The maximum atomic E-state index is 6.38. The molecule has 2 saturated carbocycles. The number of ether oxygens (including phenoxy) is 1. The summed E-state index contributed by atoms with van der Waals surface area (Å²) in [5.74, 6) is 0.987.